The second kappa shape index (κ2) is 7.20. The highest BCUT2D eigenvalue weighted by Gasteiger charge is 2.08. The fraction of sp³-hybridized carbons (Fsp3) is 0.286. The second-order valence-electron chi connectivity index (χ2n) is 3.63. The van der Waals surface area contributed by atoms with Crippen molar-refractivity contribution in [1.82, 2.24) is 0 Å². The molecule has 0 radical (unpaired) electrons. The van der Waals surface area contributed by atoms with E-state index >= 15 is 0 Å². The molecule has 0 aromatic heterocycles. The fourth-order valence-corrected chi connectivity index (χ4v) is 1.53. The van der Waals surface area contributed by atoms with E-state index in [1.54, 1.807) is 18.2 Å². The SMILES string of the molecule is COC(=O)CC=C(C=O)c1ccc(OC)c(OC)c1. The minimum absolute atomic E-state index is 0.0406. The Kier molecular flexibility index (Phi) is 5.60. The summed E-state index contributed by atoms with van der Waals surface area (Å²) in [6.07, 6.45) is 2.24. The van der Waals surface area contributed by atoms with Crippen LogP contribution in [0.3, 0.4) is 0 Å². The zero-order chi connectivity index (χ0) is 14.3. The Hall–Kier alpha value is -2.30. The highest BCUT2D eigenvalue weighted by molar-refractivity contribution is 6.07. The highest BCUT2D eigenvalue weighted by Crippen LogP contribution is 2.29. The van der Waals surface area contributed by atoms with Gasteiger partial charge in [-0.05, 0) is 17.7 Å². The van der Waals surface area contributed by atoms with E-state index in [-0.39, 0.29) is 6.42 Å². The smallest absolute Gasteiger partial charge is 0.309 e. The first-order chi connectivity index (χ1) is 9.15. The lowest BCUT2D eigenvalue weighted by Gasteiger charge is -2.09. The molecule has 0 aliphatic rings. The normalized spacial score (nSPS) is 10.8. The van der Waals surface area contributed by atoms with Gasteiger partial charge in [0, 0.05) is 5.57 Å². The van der Waals surface area contributed by atoms with E-state index in [0.29, 0.717) is 28.9 Å². The van der Waals surface area contributed by atoms with Crippen molar-refractivity contribution < 1.29 is 23.8 Å². The molecule has 0 amide bonds. The number of rotatable bonds is 6. The first-order valence-electron chi connectivity index (χ1n) is 5.60. The number of ether oxygens (including phenoxy) is 3. The van der Waals surface area contributed by atoms with Crippen molar-refractivity contribution in [3.8, 4) is 11.5 Å². The van der Waals surface area contributed by atoms with Gasteiger partial charge in [0.1, 0.15) is 6.29 Å². The third-order valence-electron chi connectivity index (χ3n) is 2.56. The third kappa shape index (κ3) is 3.84. The van der Waals surface area contributed by atoms with Crippen LogP contribution in [0.15, 0.2) is 24.3 Å². The Balaban J connectivity index is 3.05. The maximum Gasteiger partial charge on any atom is 0.309 e. The van der Waals surface area contributed by atoms with E-state index in [9.17, 15) is 9.59 Å². The number of esters is 1. The lowest BCUT2D eigenvalue weighted by atomic mass is 10.1. The minimum Gasteiger partial charge on any atom is -0.493 e. The zero-order valence-electron chi connectivity index (χ0n) is 11.1. The van der Waals surface area contributed by atoms with E-state index in [1.807, 2.05) is 0 Å². The van der Waals surface area contributed by atoms with Crippen LogP contribution in [-0.2, 0) is 14.3 Å². The summed E-state index contributed by atoms with van der Waals surface area (Å²) >= 11 is 0. The molecule has 0 aliphatic heterocycles. The van der Waals surface area contributed by atoms with Gasteiger partial charge in [-0.3, -0.25) is 9.59 Å². The van der Waals surface area contributed by atoms with Gasteiger partial charge in [-0.15, -0.1) is 0 Å². The first kappa shape index (κ1) is 14.8. The molecule has 19 heavy (non-hydrogen) atoms. The predicted octanol–water partition coefficient (Wildman–Crippen LogP) is 1.85. The lowest BCUT2D eigenvalue weighted by Crippen LogP contribution is -1.99. The van der Waals surface area contributed by atoms with Crippen molar-refractivity contribution in [1.29, 1.82) is 0 Å². The minimum atomic E-state index is -0.403. The summed E-state index contributed by atoms with van der Waals surface area (Å²) in [5.74, 6) is 0.690. The summed E-state index contributed by atoms with van der Waals surface area (Å²) in [5.41, 5.74) is 1.04. The molecule has 5 nitrogen and oxygen atoms in total. The lowest BCUT2D eigenvalue weighted by molar-refractivity contribution is -0.139. The van der Waals surface area contributed by atoms with Crippen LogP contribution >= 0.6 is 0 Å². The van der Waals surface area contributed by atoms with Gasteiger partial charge < -0.3 is 14.2 Å². The van der Waals surface area contributed by atoms with Crippen LogP contribution in [0.2, 0.25) is 0 Å². The standard InChI is InChI=1S/C14H16O5/c1-17-12-6-4-10(8-13(12)18-2)11(9-15)5-7-14(16)19-3/h4-6,8-9H,7H2,1-3H3. The zero-order valence-corrected chi connectivity index (χ0v) is 11.1. The number of aldehydes is 1. The second-order valence-corrected chi connectivity index (χ2v) is 3.63. The molecule has 0 saturated carbocycles. The van der Waals surface area contributed by atoms with Crippen molar-refractivity contribution in [3.05, 3.63) is 29.8 Å². The Labute approximate surface area is 111 Å². The van der Waals surface area contributed by atoms with Crippen molar-refractivity contribution >= 4 is 17.8 Å². The number of carbonyl (C=O) groups excluding carboxylic acids is 2. The van der Waals surface area contributed by atoms with E-state index < -0.39 is 5.97 Å². The molecule has 102 valence electrons. The van der Waals surface area contributed by atoms with Crippen LogP contribution in [0, 0.1) is 0 Å². The largest absolute Gasteiger partial charge is 0.493 e. The monoisotopic (exact) mass is 264 g/mol. The molecule has 5 heteroatoms. The Morgan fingerprint density at radius 2 is 1.84 bits per heavy atom. The number of hydrogen-bond acceptors (Lipinski definition) is 5. The van der Waals surface area contributed by atoms with Gasteiger partial charge in [-0.1, -0.05) is 12.1 Å². The van der Waals surface area contributed by atoms with Crippen molar-refractivity contribution in [3.63, 3.8) is 0 Å². The molecule has 0 bridgehead atoms. The molecular formula is C14H16O5. The topological polar surface area (TPSA) is 61.8 Å². The number of hydrogen-bond donors (Lipinski definition) is 0. The van der Waals surface area contributed by atoms with Crippen molar-refractivity contribution in [2.45, 2.75) is 6.42 Å². The van der Waals surface area contributed by atoms with Gasteiger partial charge >= 0.3 is 5.97 Å². The van der Waals surface area contributed by atoms with Gasteiger partial charge in [0.15, 0.2) is 11.5 Å². The number of methoxy groups -OCH3 is 3. The highest BCUT2D eigenvalue weighted by atomic mass is 16.5. The molecule has 0 saturated heterocycles. The molecular weight excluding hydrogens is 248 g/mol. The van der Waals surface area contributed by atoms with Crippen LogP contribution in [-0.4, -0.2) is 33.6 Å². The Morgan fingerprint density at radius 1 is 1.16 bits per heavy atom. The van der Waals surface area contributed by atoms with Gasteiger partial charge in [0.2, 0.25) is 0 Å². The summed E-state index contributed by atoms with van der Waals surface area (Å²) in [6.45, 7) is 0. The first-order valence-corrected chi connectivity index (χ1v) is 5.60. The molecule has 0 aliphatic carbocycles. The van der Waals surface area contributed by atoms with Gasteiger partial charge in [-0.2, -0.15) is 0 Å². The van der Waals surface area contributed by atoms with Crippen molar-refractivity contribution in [2.75, 3.05) is 21.3 Å². The molecule has 1 aromatic rings. The number of benzene rings is 1. The summed E-state index contributed by atoms with van der Waals surface area (Å²) < 4.78 is 14.8. The quantitative estimate of drug-likeness (QED) is 0.446. The van der Waals surface area contributed by atoms with Gasteiger partial charge in [0.05, 0.1) is 27.8 Å². The Morgan fingerprint density at radius 3 is 2.37 bits per heavy atom. The summed E-state index contributed by atoms with van der Waals surface area (Å²) in [7, 11) is 4.35. The molecule has 0 unspecified atom stereocenters. The Bertz CT molecular complexity index is 491. The van der Waals surface area contributed by atoms with Crippen molar-refractivity contribution in [2.24, 2.45) is 0 Å². The van der Waals surface area contributed by atoms with Crippen LogP contribution in [0.4, 0.5) is 0 Å². The number of carbonyl (C=O) groups is 2. The molecule has 1 rings (SSSR count). The summed E-state index contributed by atoms with van der Waals surface area (Å²) in [5, 5.41) is 0. The fourth-order valence-electron chi connectivity index (χ4n) is 1.53. The molecule has 1 aromatic carbocycles. The maximum absolute atomic E-state index is 11.1. The summed E-state index contributed by atoms with van der Waals surface area (Å²) in [4.78, 5) is 22.1. The average Bonchev–Trinajstić information content (AvgIpc) is 2.47. The van der Waals surface area contributed by atoms with E-state index in [0.717, 1.165) is 0 Å². The summed E-state index contributed by atoms with van der Waals surface area (Å²) in [6, 6.07) is 5.10. The van der Waals surface area contributed by atoms with Gasteiger partial charge in [-0.25, -0.2) is 0 Å². The van der Waals surface area contributed by atoms with E-state index in [1.165, 1.54) is 27.4 Å². The van der Waals surface area contributed by atoms with Crippen LogP contribution in [0.25, 0.3) is 5.57 Å². The van der Waals surface area contributed by atoms with Crippen LogP contribution in [0.5, 0.6) is 11.5 Å². The third-order valence-corrected chi connectivity index (χ3v) is 2.56. The molecule has 0 atom stereocenters. The van der Waals surface area contributed by atoms with Crippen LogP contribution < -0.4 is 9.47 Å². The van der Waals surface area contributed by atoms with Crippen LogP contribution in [0.1, 0.15) is 12.0 Å². The molecule has 0 heterocycles. The maximum atomic E-state index is 11.1. The van der Waals surface area contributed by atoms with E-state index in [2.05, 4.69) is 4.74 Å². The molecule has 0 spiro atoms. The van der Waals surface area contributed by atoms with E-state index in [4.69, 9.17) is 9.47 Å². The predicted molar refractivity (Wildman–Crippen MR) is 70.2 cm³/mol. The average molecular weight is 264 g/mol. The molecule has 0 fully saturated rings. The molecule has 0 N–H and O–H groups in total. The number of allylic oxidation sites excluding steroid dienone is 1. The van der Waals surface area contributed by atoms with Gasteiger partial charge in [0.25, 0.3) is 0 Å².